The van der Waals surface area contributed by atoms with Gasteiger partial charge in [-0.05, 0) is 24.1 Å². The van der Waals surface area contributed by atoms with Crippen LogP contribution in [0, 0.1) is 0 Å². The second-order valence-corrected chi connectivity index (χ2v) is 6.56. The number of aromatic nitrogens is 1. The van der Waals surface area contributed by atoms with Crippen molar-refractivity contribution in [3.05, 3.63) is 88.2 Å². The number of carbonyl (C=O) groups is 1. The monoisotopic (exact) mass is 400 g/mol. The Balaban J connectivity index is 1.81. The molecule has 1 heterocycles. The molecule has 3 rings (SSSR count). The van der Waals surface area contributed by atoms with Crippen molar-refractivity contribution in [1.29, 1.82) is 0 Å². The summed E-state index contributed by atoms with van der Waals surface area (Å²) < 4.78 is 11.2. The van der Waals surface area contributed by atoms with Gasteiger partial charge in [0.2, 0.25) is 0 Å². The number of rotatable bonds is 5. The largest absolute Gasteiger partial charge is 0.445 e. The molecular formula is C19H17BrN2O3. The molecule has 0 bridgehead atoms. The third-order valence-electron chi connectivity index (χ3n) is 3.99. The Morgan fingerprint density at radius 3 is 2.60 bits per heavy atom. The van der Waals surface area contributed by atoms with Crippen LogP contribution in [-0.2, 0) is 16.9 Å². The minimum atomic E-state index is -0.853. The number of ether oxygens (including phenoxy) is 1. The van der Waals surface area contributed by atoms with Crippen molar-refractivity contribution in [2.45, 2.75) is 19.1 Å². The van der Waals surface area contributed by atoms with Gasteiger partial charge in [0.25, 0.3) is 0 Å². The molecule has 0 radical (unpaired) electrons. The molecule has 1 atom stereocenters. The molecule has 25 heavy (non-hydrogen) atoms. The quantitative estimate of drug-likeness (QED) is 0.677. The average Bonchev–Trinajstić information content (AvgIpc) is 3.16. The first kappa shape index (κ1) is 17.2. The van der Waals surface area contributed by atoms with Gasteiger partial charge >= 0.3 is 6.09 Å². The Bertz CT molecular complexity index is 837. The van der Waals surface area contributed by atoms with E-state index in [1.165, 1.54) is 6.26 Å². The van der Waals surface area contributed by atoms with Crippen molar-refractivity contribution in [2.24, 2.45) is 0 Å². The van der Waals surface area contributed by atoms with Crippen molar-refractivity contribution >= 4 is 22.0 Å². The fourth-order valence-corrected chi connectivity index (χ4v) is 3.26. The maximum absolute atomic E-state index is 12.4. The minimum absolute atomic E-state index is 0.197. The molecule has 5 nitrogen and oxygen atoms in total. The maximum Gasteiger partial charge on any atom is 0.408 e. The van der Waals surface area contributed by atoms with Gasteiger partial charge in [0.05, 0.1) is 11.7 Å². The van der Waals surface area contributed by atoms with Crippen LogP contribution in [0.2, 0.25) is 0 Å². The molecule has 3 aromatic rings. The van der Waals surface area contributed by atoms with E-state index in [-0.39, 0.29) is 6.61 Å². The molecule has 0 aliphatic carbocycles. The molecule has 1 amide bonds. The van der Waals surface area contributed by atoms with Crippen molar-refractivity contribution in [3.63, 3.8) is 0 Å². The van der Waals surface area contributed by atoms with Crippen LogP contribution < -0.4 is 5.32 Å². The predicted octanol–water partition coefficient (Wildman–Crippen LogP) is 4.63. The number of benzene rings is 2. The SMILES string of the molecule is CC(NC(=O)OCc1ccccc1)(c1cnoc1)c1ccccc1Br. The Labute approximate surface area is 154 Å². The number of amides is 1. The molecule has 0 aliphatic rings. The molecule has 0 saturated carbocycles. The lowest BCUT2D eigenvalue weighted by Crippen LogP contribution is -2.44. The van der Waals surface area contributed by atoms with E-state index in [1.54, 1.807) is 6.20 Å². The highest BCUT2D eigenvalue weighted by atomic mass is 79.9. The number of halogens is 1. The zero-order valence-electron chi connectivity index (χ0n) is 13.6. The molecule has 0 spiro atoms. The first-order chi connectivity index (χ1) is 12.1. The molecule has 1 unspecified atom stereocenters. The van der Waals surface area contributed by atoms with Gasteiger partial charge < -0.3 is 14.6 Å². The van der Waals surface area contributed by atoms with Gasteiger partial charge in [-0.1, -0.05) is 69.6 Å². The zero-order chi connectivity index (χ0) is 17.7. The third kappa shape index (κ3) is 3.91. The van der Waals surface area contributed by atoms with Gasteiger partial charge in [-0.2, -0.15) is 0 Å². The summed E-state index contributed by atoms with van der Waals surface area (Å²) in [5.41, 5.74) is 1.66. The van der Waals surface area contributed by atoms with E-state index in [0.717, 1.165) is 21.2 Å². The fraction of sp³-hybridized carbons (Fsp3) is 0.158. The third-order valence-corrected chi connectivity index (χ3v) is 4.68. The summed E-state index contributed by atoms with van der Waals surface area (Å²) in [6.45, 7) is 2.08. The molecule has 1 N–H and O–H groups in total. The van der Waals surface area contributed by atoms with Crippen LogP contribution in [-0.4, -0.2) is 11.2 Å². The number of hydrogen-bond donors (Lipinski definition) is 1. The molecule has 0 saturated heterocycles. The fourth-order valence-electron chi connectivity index (χ4n) is 2.58. The molecular weight excluding hydrogens is 384 g/mol. The summed E-state index contributed by atoms with van der Waals surface area (Å²) in [5, 5.41) is 6.69. The van der Waals surface area contributed by atoms with Crippen LogP contribution in [0.3, 0.4) is 0 Å². The van der Waals surface area contributed by atoms with Crippen LogP contribution >= 0.6 is 15.9 Å². The van der Waals surface area contributed by atoms with Gasteiger partial charge in [0, 0.05) is 10.0 Å². The topological polar surface area (TPSA) is 64.4 Å². The zero-order valence-corrected chi connectivity index (χ0v) is 15.2. The number of carbonyl (C=O) groups excluding carboxylic acids is 1. The Kier molecular flexibility index (Phi) is 5.19. The second kappa shape index (κ2) is 7.53. The van der Waals surface area contributed by atoms with Crippen molar-refractivity contribution in [3.8, 4) is 0 Å². The lowest BCUT2D eigenvalue weighted by atomic mass is 9.87. The van der Waals surface area contributed by atoms with E-state index in [9.17, 15) is 4.79 Å². The normalized spacial score (nSPS) is 13.0. The van der Waals surface area contributed by atoms with E-state index in [0.29, 0.717) is 0 Å². The standard InChI is InChI=1S/C19H17BrN2O3/c1-19(15-11-21-25-13-15,16-9-5-6-10-17(16)20)22-18(23)24-12-14-7-3-2-4-8-14/h2-11,13H,12H2,1H3,(H,22,23). The molecule has 1 aromatic heterocycles. The van der Waals surface area contributed by atoms with Crippen LogP contribution in [0.4, 0.5) is 4.79 Å². The summed E-state index contributed by atoms with van der Waals surface area (Å²) in [6.07, 6.45) is 2.57. The summed E-state index contributed by atoms with van der Waals surface area (Å²) in [7, 11) is 0. The Hall–Kier alpha value is -2.60. The average molecular weight is 401 g/mol. The summed E-state index contributed by atoms with van der Waals surface area (Å²) >= 11 is 3.54. The highest BCUT2D eigenvalue weighted by Gasteiger charge is 2.34. The second-order valence-electron chi connectivity index (χ2n) is 5.70. The number of nitrogens with one attached hydrogen (secondary N) is 1. The van der Waals surface area contributed by atoms with Crippen molar-refractivity contribution in [2.75, 3.05) is 0 Å². The van der Waals surface area contributed by atoms with E-state index in [1.807, 2.05) is 61.5 Å². The Morgan fingerprint density at radius 1 is 1.20 bits per heavy atom. The van der Waals surface area contributed by atoms with Gasteiger partial charge in [0.15, 0.2) is 0 Å². The number of nitrogens with zero attached hydrogens (tertiary/aromatic N) is 1. The van der Waals surface area contributed by atoms with Crippen LogP contribution in [0.5, 0.6) is 0 Å². The summed E-state index contributed by atoms with van der Waals surface area (Å²) in [5.74, 6) is 0. The highest BCUT2D eigenvalue weighted by molar-refractivity contribution is 9.10. The Morgan fingerprint density at radius 2 is 1.92 bits per heavy atom. The molecule has 0 aliphatic heterocycles. The van der Waals surface area contributed by atoms with Gasteiger partial charge in [-0.25, -0.2) is 4.79 Å². The summed E-state index contributed by atoms with van der Waals surface area (Å²) in [4.78, 5) is 12.4. The summed E-state index contributed by atoms with van der Waals surface area (Å²) in [6, 6.07) is 17.2. The van der Waals surface area contributed by atoms with Crippen LogP contribution in [0.15, 0.2) is 76.1 Å². The van der Waals surface area contributed by atoms with E-state index in [4.69, 9.17) is 9.26 Å². The highest BCUT2D eigenvalue weighted by Crippen LogP contribution is 2.34. The van der Waals surface area contributed by atoms with E-state index < -0.39 is 11.6 Å². The number of hydrogen-bond acceptors (Lipinski definition) is 4. The van der Waals surface area contributed by atoms with Crippen molar-refractivity contribution in [1.82, 2.24) is 10.5 Å². The van der Waals surface area contributed by atoms with Crippen LogP contribution in [0.25, 0.3) is 0 Å². The van der Waals surface area contributed by atoms with Gasteiger partial charge in [0.1, 0.15) is 12.9 Å². The molecule has 6 heteroatoms. The van der Waals surface area contributed by atoms with Gasteiger partial charge in [-0.15, -0.1) is 0 Å². The predicted molar refractivity (Wildman–Crippen MR) is 96.9 cm³/mol. The minimum Gasteiger partial charge on any atom is -0.445 e. The smallest absolute Gasteiger partial charge is 0.408 e. The molecule has 128 valence electrons. The van der Waals surface area contributed by atoms with Gasteiger partial charge in [-0.3, -0.25) is 0 Å². The van der Waals surface area contributed by atoms with Crippen molar-refractivity contribution < 1.29 is 14.1 Å². The molecule has 0 fully saturated rings. The van der Waals surface area contributed by atoms with E-state index >= 15 is 0 Å². The lowest BCUT2D eigenvalue weighted by Gasteiger charge is -2.30. The number of alkyl carbamates (subject to hydrolysis) is 1. The first-order valence-electron chi connectivity index (χ1n) is 7.73. The lowest BCUT2D eigenvalue weighted by molar-refractivity contribution is 0.131. The van der Waals surface area contributed by atoms with Crippen LogP contribution in [0.1, 0.15) is 23.6 Å². The molecule has 2 aromatic carbocycles. The maximum atomic E-state index is 12.4. The first-order valence-corrected chi connectivity index (χ1v) is 8.52. The van der Waals surface area contributed by atoms with E-state index in [2.05, 4.69) is 26.4 Å².